The first-order valence-corrected chi connectivity index (χ1v) is 11.4. The van der Waals surface area contributed by atoms with E-state index in [1.165, 1.54) is 19.3 Å². The van der Waals surface area contributed by atoms with Crippen LogP contribution in [0.2, 0.25) is 0 Å². The summed E-state index contributed by atoms with van der Waals surface area (Å²) in [6.45, 7) is 1.92. The number of likely N-dealkylation sites (tertiary alicyclic amines) is 1. The molecule has 0 radical (unpaired) electrons. The molecule has 31 heavy (non-hydrogen) atoms. The maximum atomic E-state index is 12.7. The monoisotopic (exact) mass is 421 g/mol. The summed E-state index contributed by atoms with van der Waals surface area (Å²) in [5.41, 5.74) is 1.62. The predicted molar refractivity (Wildman–Crippen MR) is 119 cm³/mol. The minimum absolute atomic E-state index is 0.0733. The second kappa shape index (κ2) is 10.4. The zero-order chi connectivity index (χ0) is 21.5. The van der Waals surface area contributed by atoms with Crippen molar-refractivity contribution < 1.29 is 14.3 Å². The highest BCUT2D eigenvalue weighted by Gasteiger charge is 2.29. The highest BCUT2D eigenvalue weighted by atomic mass is 16.5. The molecule has 1 saturated carbocycles. The fourth-order valence-electron chi connectivity index (χ4n) is 4.47. The molecule has 0 bridgehead atoms. The van der Waals surface area contributed by atoms with Gasteiger partial charge in [-0.3, -0.25) is 14.6 Å². The molecule has 1 aromatic heterocycles. The molecule has 6 heteroatoms. The van der Waals surface area contributed by atoms with Crippen molar-refractivity contribution in [3.8, 4) is 5.75 Å². The molecule has 1 N–H and O–H groups in total. The predicted octanol–water partition coefficient (Wildman–Crippen LogP) is 3.96. The molecule has 4 rings (SSSR count). The van der Waals surface area contributed by atoms with Crippen molar-refractivity contribution in [2.24, 2.45) is 5.92 Å². The molecule has 0 unspecified atom stereocenters. The molecule has 2 amide bonds. The number of rotatable bonds is 6. The van der Waals surface area contributed by atoms with Gasteiger partial charge in [-0.15, -0.1) is 0 Å². The minimum atomic E-state index is -0.0733. The standard InChI is InChI=1S/C25H31N3O3/c29-24(20-8-10-23(11-9-20)31-18-19-5-4-14-26-17-19)27-22-12-15-28(16-13-22)25(30)21-6-2-1-3-7-21/h4-5,8-11,14,17,21-22H,1-3,6-7,12-13,15-16,18H2,(H,27,29). The third-order valence-corrected chi connectivity index (χ3v) is 6.34. The summed E-state index contributed by atoms with van der Waals surface area (Å²) in [5, 5.41) is 3.13. The molecular formula is C25H31N3O3. The van der Waals surface area contributed by atoms with Crippen LogP contribution in [0, 0.1) is 5.92 Å². The molecule has 2 aromatic rings. The molecule has 2 fully saturated rings. The van der Waals surface area contributed by atoms with Crippen molar-refractivity contribution >= 4 is 11.8 Å². The second-order valence-electron chi connectivity index (χ2n) is 8.58. The summed E-state index contributed by atoms with van der Waals surface area (Å²) < 4.78 is 5.75. The van der Waals surface area contributed by atoms with Crippen LogP contribution >= 0.6 is 0 Å². The number of pyridine rings is 1. The van der Waals surface area contributed by atoms with Crippen LogP contribution in [0.3, 0.4) is 0 Å². The number of nitrogens with zero attached hydrogens (tertiary/aromatic N) is 2. The van der Waals surface area contributed by atoms with E-state index in [1.807, 2.05) is 29.2 Å². The van der Waals surface area contributed by atoms with Crippen molar-refractivity contribution in [1.82, 2.24) is 15.2 Å². The maximum absolute atomic E-state index is 12.7. The number of ether oxygens (including phenoxy) is 1. The number of hydrogen-bond donors (Lipinski definition) is 1. The van der Waals surface area contributed by atoms with Crippen LogP contribution in [0.5, 0.6) is 5.75 Å². The quantitative estimate of drug-likeness (QED) is 0.766. The number of piperidine rings is 1. The average Bonchev–Trinajstić information content (AvgIpc) is 2.84. The molecule has 6 nitrogen and oxygen atoms in total. The first kappa shape index (κ1) is 21.3. The van der Waals surface area contributed by atoms with Crippen LogP contribution in [0.15, 0.2) is 48.8 Å². The third kappa shape index (κ3) is 5.84. The van der Waals surface area contributed by atoms with Gasteiger partial charge in [0.05, 0.1) is 0 Å². The van der Waals surface area contributed by atoms with Crippen LogP contribution in [-0.4, -0.2) is 40.8 Å². The van der Waals surface area contributed by atoms with Crippen LogP contribution in [0.25, 0.3) is 0 Å². The van der Waals surface area contributed by atoms with E-state index in [9.17, 15) is 9.59 Å². The van der Waals surface area contributed by atoms with Gasteiger partial charge in [0.25, 0.3) is 5.91 Å². The summed E-state index contributed by atoms with van der Waals surface area (Å²) in [6.07, 6.45) is 10.8. The third-order valence-electron chi connectivity index (χ3n) is 6.34. The molecule has 164 valence electrons. The summed E-state index contributed by atoms with van der Waals surface area (Å²) in [6, 6.07) is 11.2. The number of nitrogens with one attached hydrogen (secondary N) is 1. The Labute approximate surface area is 184 Å². The van der Waals surface area contributed by atoms with Gasteiger partial charge in [-0.2, -0.15) is 0 Å². The summed E-state index contributed by atoms with van der Waals surface area (Å²) in [5.74, 6) is 1.19. The lowest BCUT2D eigenvalue weighted by Crippen LogP contribution is -2.48. The van der Waals surface area contributed by atoms with Gasteiger partial charge in [-0.05, 0) is 56.0 Å². The number of carbonyl (C=O) groups excluding carboxylic acids is 2. The summed E-state index contributed by atoms with van der Waals surface area (Å²) in [7, 11) is 0. The van der Waals surface area contributed by atoms with Gasteiger partial charge in [-0.25, -0.2) is 0 Å². The van der Waals surface area contributed by atoms with Gasteiger partial charge in [-0.1, -0.05) is 25.3 Å². The van der Waals surface area contributed by atoms with Crippen LogP contribution < -0.4 is 10.1 Å². The van der Waals surface area contributed by atoms with Gasteiger partial charge in [0.2, 0.25) is 5.91 Å². The maximum Gasteiger partial charge on any atom is 0.251 e. The van der Waals surface area contributed by atoms with Crippen molar-refractivity contribution in [3.63, 3.8) is 0 Å². The fourth-order valence-corrected chi connectivity index (χ4v) is 4.47. The molecular weight excluding hydrogens is 390 g/mol. The van der Waals surface area contributed by atoms with Crippen LogP contribution in [-0.2, 0) is 11.4 Å². The zero-order valence-electron chi connectivity index (χ0n) is 18.0. The molecule has 0 spiro atoms. The number of benzene rings is 1. The Bertz CT molecular complexity index is 855. The van der Waals surface area contributed by atoms with E-state index in [-0.39, 0.29) is 17.9 Å². The van der Waals surface area contributed by atoms with Gasteiger partial charge >= 0.3 is 0 Å². The SMILES string of the molecule is O=C(NC1CCN(C(=O)C2CCCCC2)CC1)c1ccc(OCc2cccnc2)cc1. The topological polar surface area (TPSA) is 71.5 Å². The fraction of sp³-hybridized carbons (Fsp3) is 0.480. The lowest BCUT2D eigenvalue weighted by molar-refractivity contribution is -0.137. The van der Waals surface area contributed by atoms with Crippen molar-refractivity contribution in [2.75, 3.05) is 13.1 Å². The Morgan fingerprint density at radius 2 is 1.74 bits per heavy atom. The van der Waals surface area contributed by atoms with Crippen molar-refractivity contribution in [3.05, 3.63) is 59.9 Å². The van der Waals surface area contributed by atoms with Gasteiger partial charge in [0.15, 0.2) is 0 Å². The largest absolute Gasteiger partial charge is 0.489 e. The number of aromatic nitrogens is 1. The van der Waals surface area contributed by atoms with E-state index < -0.39 is 0 Å². The lowest BCUT2D eigenvalue weighted by atomic mass is 9.87. The highest BCUT2D eigenvalue weighted by Crippen LogP contribution is 2.26. The number of amides is 2. The van der Waals surface area contributed by atoms with Crippen molar-refractivity contribution in [2.45, 2.75) is 57.6 Å². The average molecular weight is 422 g/mol. The van der Waals surface area contributed by atoms with E-state index in [2.05, 4.69) is 10.3 Å². The molecule has 2 aliphatic rings. The van der Waals surface area contributed by atoms with Gasteiger partial charge < -0.3 is 15.0 Å². The van der Waals surface area contributed by atoms with E-state index in [1.54, 1.807) is 24.5 Å². The number of hydrogen-bond acceptors (Lipinski definition) is 4. The second-order valence-corrected chi connectivity index (χ2v) is 8.58. The smallest absolute Gasteiger partial charge is 0.251 e. The minimum Gasteiger partial charge on any atom is -0.489 e. The Morgan fingerprint density at radius 3 is 2.42 bits per heavy atom. The molecule has 1 saturated heterocycles. The Hall–Kier alpha value is -2.89. The van der Waals surface area contributed by atoms with E-state index in [4.69, 9.17) is 4.74 Å². The van der Waals surface area contributed by atoms with E-state index in [0.717, 1.165) is 50.1 Å². The highest BCUT2D eigenvalue weighted by molar-refractivity contribution is 5.94. The van der Waals surface area contributed by atoms with E-state index in [0.29, 0.717) is 18.1 Å². The van der Waals surface area contributed by atoms with E-state index >= 15 is 0 Å². The Morgan fingerprint density at radius 1 is 1.00 bits per heavy atom. The summed E-state index contributed by atoms with van der Waals surface area (Å²) in [4.78, 5) is 31.4. The van der Waals surface area contributed by atoms with Crippen LogP contribution in [0.4, 0.5) is 0 Å². The number of carbonyl (C=O) groups is 2. The first-order valence-electron chi connectivity index (χ1n) is 11.4. The van der Waals surface area contributed by atoms with Crippen molar-refractivity contribution in [1.29, 1.82) is 0 Å². The Kier molecular flexibility index (Phi) is 7.18. The Balaban J connectivity index is 1.22. The van der Waals surface area contributed by atoms with Gasteiger partial charge in [0, 0.05) is 48.6 Å². The summed E-state index contributed by atoms with van der Waals surface area (Å²) >= 11 is 0. The zero-order valence-corrected chi connectivity index (χ0v) is 18.0. The lowest BCUT2D eigenvalue weighted by Gasteiger charge is -2.35. The normalized spacial score (nSPS) is 17.9. The molecule has 1 aromatic carbocycles. The molecule has 1 aliphatic carbocycles. The molecule has 2 heterocycles. The molecule has 0 atom stereocenters. The van der Waals surface area contributed by atoms with Crippen LogP contribution in [0.1, 0.15) is 60.9 Å². The molecule has 1 aliphatic heterocycles. The first-order chi connectivity index (χ1) is 15.2. The van der Waals surface area contributed by atoms with Gasteiger partial charge in [0.1, 0.15) is 12.4 Å².